The first kappa shape index (κ1) is 13.9. The van der Waals surface area contributed by atoms with Crippen LogP contribution >= 0.6 is 0 Å². The highest BCUT2D eigenvalue weighted by atomic mass is 19.4. The number of hydrogen-bond acceptors (Lipinski definition) is 3. The minimum Gasteiger partial charge on any atom is -0.490 e. The fraction of sp³-hybridized carbons (Fsp3) is 0.500. The Kier molecular flexibility index (Phi) is 4.14. The van der Waals surface area contributed by atoms with Gasteiger partial charge in [-0.1, -0.05) is 0 Å². The van der Waals surface area contributed by atoms with Gasteiger partial charge >= 0.3 is 6.36 Å². The molecule has 0 radical (unpaired) electrons. The van der Waals surface area contributed by atoms with Gasteiger partial charge in [-0.05, 0) is 38.1 Å². The van der Waals surface area contributed by atoms with Crippen molar-refractivity contribution in [3.63, 3.8) is 0 Å². The van der Waals surface area contributed by atoms with Crippen molar-refractivity contribution in [1.82, 2.24) is 5.32 Å². The molecule has 1 saturated heterocycles. The number of hydrogen-bond donors (Lipinski definition) is 1. The number of piperidine rings is 1. The van der Waals surface area contributed by atoms with Gasteiger partial charge in [0.05, 0.1) is 0 Å². The first-order chi connectivity index (χ1) is 8.94. The number of benzene rings is 1. The zero-order chi connectivity index (χ0) is 13.9. The predicted octanol–water partition coefficient (Wildman–Crippen LogP) is 2.86. The van der Waals surface area contributed by atoms with E-state index in [0.717, 1.165) is 38.1 Å². The topological polar surface area (TPSA) is 30.5 Å². The van der Waals surface area contributed by atoms with Crippen molar-refractivity contribution in [2.45, 2.75) is 25.3 Å². The van der Waals surface area contributed by atoms with Crippen molar-refractivity contribution < 1.29 is 27.0 Å². The summed E-state index contributed by atoms with van der Waals surface area (Å²) in [5.41, 5.74) is 0. The van der Waals surface area contributed by atoms with Crippen molar-refractivity contribution in [3.05, 3.63) is 24.0 Å². The van der Waals surface area contributed by atoms with Crippen LogP contribution in [0.2, 0.25) is 0 Å². The molecule has 2 rings (SSSR count). The van der Waals surface area contributed by atoms with E-state index >= 15 is 0 Å². The third-order valence-corrected chi connectivity index (χ3v) is 2.72. The minimum atomic E-state index is -4.92. The summed E-state index contributed by atoms with van der Waals surface area (Å²) in [4.78, 5) is 0. The van der Waals surface area contributed by atoms with Gasteiger partial charge in [-0.2, -0.15) is 0 Å². The Morgan fingerprint density at radius 1 is 1.16 bits per heavy atom. The van der Waals surface area contributed by atoms with E-state index in [4.69, 9.17) is 4.74 Å². The zero-order valence-corrected chi connectivity index (χ0v) is 9.97. The average molecular weight is 279 g/mol. The third-order valence-electron chi connectivity index (χ3n) is 2.72. The summed E-state index contributed by atoms with van der Waals surface area (Å²) >= 11 is 0. The molecule has 0 saturated carbocycles. The van der Waals surface area contributed by atoms with E-state index in [1.54, 1.807) is 0 Å². The standard InChI is InChI=1S/C12H13F4NO2/c13-10-2-1-9(7-11(10)19-12(14,15)16)18-8-3-5-17-6-4-8/h1-2,7-8,17H,3-6H2. The zero-order valence-electron chi connectivity index (χ0n) is 9.97. The van der Waals surface area contributed by atoms with Crippen LogP contribution in [0.1, 0.15) is 12.8 Å². The second kappa shape index (κ2) is 5.64. The van der Waals surface area contributed by atoms with Crippen molar-refractivity contribution in [1.29, 1.82) is 0 Å². The van der Waals surface area contributed by atoms with Crippen LogP contribution in [0.15, 0.2) is 18.2 Å². The van der Waals surface area contributed by atoms with Crippen molar-refractivity contribution in [3.8, 4) is 11.5 Å². The number of alkyl halides is 3. The molecule has 1 aromatic carbocycles. The molecule has 19 heavy (non-hydrogen) atoms. The van der Waals surface area contributed by atoms with Crippen LogP contribution in [0.3, 0.4) is 0 Å². The van der Waals surface area contributed by atoms with Gasteiger partial charge in [-0.25, -0.2) is 4.39 Å². The number of halogens is 4. The number of nitrogens with one attached hydrogen (secondary N) is 1. The van der Waals surface area contributed by atoms with E-state index in [1.807, 2.05) is 0 Å². The second-order valence-electron chi connectivity index (χ2n) is 4.21. The lowest BCUT2D eigenvalue weighted by atomic mass is 10.1. The molecule has 0 aliphatic carbocycles. The molecule has 1 N–H and O–H groups in total. The summed E-state index contributed by atoms with van der Waals surface area (Å²) in [5.74, 6) is -1.78. The van der Waals surface area contributed by atoms with E-state index < -0.39 is 17.9 Å². The van der Waals surface area contributed by atoms with Crippen LogP contribution in [-0.4, -0.2) is 25.6 Å². The lowest BCUT2D eigenvalue weighted by Gasteiger charge is -2.24. The Balaban J connectivity index is 2.07. The van der Waals surface area contributed by atoms with Crippen LogP contribution in [-0.2, 0) is 0 Å². The van der Waals surface area contributed by atoms with Gasteiger partial charge < -0.3 is 14.8 Å². The third kappa shape index (κ3) is 4.27. The Labute approximate surface area is 107 Å². The van der Waals surface area contributed by atoms with Gasteiger partial charge in [0.15, 0.2) is 11.6 Å². The lowest BCUT2D eigenvalue weighted by Crippen LogP contribution is -2.34. The van der Waals surface area contributed by atoms with Gasteiger partial charge in [-0.15, -0.1) is 13.2 Å². The molecule has 0 atom stereocenters. The molecule has 7 heteroatoms. The molecule has 0 spiro atoms. The Morgan fingerprint density at radius 3 is 2.47 bits per heavy atom. The SMILES string of the molecule is Fc1ccc(OC2CCNCC2)cc1OC(F)(F)F. The molecule has 0 aromatic heterocycles. The summed E-state index contributed by atoms with van der Waals surface area (Å²) in [6, 6.07) is 3.11. The maximum atomic E-state index is 13.2. The molecule has 1 aliphatic heterocycles. The van der Waals surface area contributed by atoms with Gasteiger partial charge in [0, 0.05) is 6.07 Å². The van der Waals surface area contributed by atoms with Crippen LogP contribution in [0.4, 0.5) is 17.6 Å². The van der Waals surface area contributed by atoms with Crippen LogP contribution in [0.5, 0.6) is 11.5 Å². The lowest BCUT2D eigenvalue weighted by molar-refractivity contribution is -0.275. The normalized spacial score (nSPS) is 17.3. The molecule has 1 heterocycles. The number of ether oxygens (including phenoxy) is 2. The number of rotatable bonds is 3. The first-order valence-electron chi connectivity index (χ1n) is 5.87. The quantitative estimate of drug-likeness (QED) is 0.863. The van der Waals surface area contributed by atoms with E-state index in [-0.39, 0.29) is 11.9 Å². The highest BCUT2D eigenvalue weighted by molar-refractivity contribution is 5.34. The summed E-state index contributed by atoms with van der Waals surface area (Å²) < 4.78 is 58.5. The van der Waals surface area contributed by atoms with E-state index in [2.05, 4.69) is 10.1 Å². The minimum absolute atomic E-state index is 0.0783. The van der Waals surface area contributed by atoms with Crippen LogP contribution < -0.4 is 14.8 Å². The smallest absolute Gasteiger partial charge is 0.490 e. The van der Waals surface area contributed by atoms with Crippen LogP contribution in [0.25, 0.3) is 0 Å². The molecule has 106 valence electrons. The summed E-state index contributed by atoms with van der Waals surface area (Å²) in [6.07, 6.45) is -3.49. The summed E-state index contributed by atoms with van der Waals surface area (Å²) in [6.45, 7) is 1.58. The first-order valence-corrected chi connectivity index (χ1v) is 5.87. The monoisotopic (exact) mass is 279 g/mol. The van der Waals surface area contributed by atoms with Crippen molar-refractivity contribution in [2.75, 3.05) is 13.1 Å². The Bertz CT molecular complexity index is 430. The Hall–Kier alpha value is -1.50. The predicted molar refractivity (Wildman–Crippen MR) is 59.6 cm³/mol. The van der Waals surface area contributed by atoms with Gasteiger partial charge in [-0.3, -0.25) is 0 Å². The summed E-state index contributed by atoms with van der Waals surface area (Å²) in [7, 11) is 0. The van der Waals surface area contributed by atoms with Gasteiger partial charge in [0.1, 0.15) is 11.9 Å². The molecule has 0 amide bonds. The Morgan fingerprint density at radius 2 is 1.84 bits per heavy atom. The van der Waals surface area contributed by atoms with Crippen molar-refractivity contribution >= 4 is 0 Å². The van der Waals surface area contributed by atoms with E-state index in [1.165, 1.54) is 6.07 Å². The molecule has 3 nitrogen and oxygen atoms in total. The average Bonchev–Trinajstić information content (AvgIpc) is 2.33. The van der Waals surface area contributed by atoms with Crippen LogP contribution in [0, 0.1) is 5.82 Å². The fourth-order valence-electron chi connectivity index (χ4n) is 1.87. The largest absolute Gasteiger partial charge is 0.573 e. The molecule has 1 aromatic rings. The van der Waals surface area contributed by atoms with Gasteiger partial charge in [0.2, 0.25) is 0 Å². The van der Waals surface area contributed by atoms with E-state index in [0.29, 0.717) is 0 Å². The van der Waals surface area contributed by atoms with Crippen molar-refractivity contribution in [2.24, 2.45) is 0 Å². The fourth-order valence-corrected chi connectivity index (χ4v) is 1.87. The molecule has 1 fully saturated rings. The molecule has 1 aliphatic rings. The molecular formula is C12H13F4NO2. The second-order valence-corrected chi connectivity index (χ2v) is 4.21. The highest BCUT2D eigenvalue weighted by Gasteiger charge is 2.32. The van der Waals surface area contributed by atoms with E-state index in [9.17, 15) is 17.6 Å². The molecular weight excluding hydrogens is 266 g/mol. The molecule has 0 bridgehead atoms. The summed E-state index contributed by atoms with van der Waals surface area (Å²) in [5, 5.41) is 3.14. The maximum absolute atomic E-state index is 13.2. The molecule has 0 unspecified atom stereocenters. The highest BCUT2D eigenvalue weighted by Crippen LogP contribution is 2.30. The maximum Gasteiger partial charge on any atom is 0.573 e. The van der Waals surface area contributed by atoms with Gasteiger partial charge in [0.25, 0.3) is 0 Å².